The fourth-order valence-corrected chi connectivity index (χ4v) is 3.58. The molecule has 0 aromatic carbocycles. The van der Waals surface area contributed by atoms with Crippen molar-refractivity contribution in [2.45, 2.75) is 24.6 Å². The number of rotatable bonds is 3. The third kappa shape index (κ3) is 2.24. The number of thiol groups is 1. The average molecular weight is 281 g/mol. The first-order valence-corrected chi connectivity index (χ1v) is 8.47. The van der Waals surface area contributed by atoms with Gasteiger partial charge >= 0.3 is 0 Å². The summed E-state index contributed by atoms with van der Waals surface area (Å²) in [4.78, 5) is 7.29. The molecule has 0 spiro atoms. The summed E-state index contributed by atoms with van der Waals surface area (Å²) in [5, 5.41) is 3.83. The van der Waals surface area contributed by atoms with Crippen LogP contribution in [0.15, 0.2) is 18.2 Å². The van der Waals surface area contributed by atoms with E-state index in [1.165, 1.54) is 13.0 Å². The van der Waals surface area contributed by atoms with Crippen LogP contribution in [0, 0.1) is 5.92 Å². The van der Waals surface area contributed by atoms with Crippen LogP contribution in [-0.4, -0.2) is 30.7 Å². The van der Waals surface area contributed by atoms with E-state index in [1.807, 2.05) is 0 Å². The zero-order chi connectivity index (χ0) is 12.5. The summed E-state index contributed by atoms with van der Waals surface area (Å²) in [6, 6.07) is 7.00. The second-order valence-corrected chi connectivity index (χ2v) is 6.69. The van der Waals surface area contributed by atoms with Gasteiger partial charge < -0.3 is 10.2 Å². The van der Waals surface area contributed by atoms with Crippen molar-refractivity contribution < 1.29 is 0 Å². The maximum absolute atomic E-state index is 4.81. The monoisotopic (exact) mass is 281 g/mol. The first kappa shape index (κ1) is 12.6. The van der Waals surface area contributed by atoms with Crippen LogP contribution in [0.3, 0.4) is 0 Å². The van der Waals surface area contributed by atoms with Gasteiger partial charge in [-0.3, -0.25) is 0 Å². The number of aromatic nitrogens is 1. The van der Waals surface area contributed by atoms with Crippen molar-refractivity contribution in [3.63, 3.8) is 0 Å². The Labute approximate surface area is 118 Å². The molecular weight excluding hydrogens is 262 g/mol. The minimum atomic E-state index is 0.341. The Balaban J connectivity index is 1.83. The highest BCUT2D eigenvalue weighted by atomic mass is 33.1. The molecule has 18 heavy (non-hydrogen) atoms. The van der Waals surface area contributed by atoms with Gasteiger partial charge in [-0.05, 0) is 31.4 Å². The van der Waals surface area contributed by atoms with Crippen molar-refractivity contribution in [3.8, 4) is 0 Å². The summed E-state index contributed by atoms with van der Waals surface area (Å²) in [5.41, 5.74) is 1.13. The van der Waals surface area contributed by atoms with Crippen LogP contribution in [-0.2, 0) is 0 Å². The van der Waals surface area contributed by atoms with Crippen molar-refractivity contribution in [3.05, 3.63) is 23.9 Å². The van der Waals surface area contributed by atoms with Crippen LogP contribution in [0.1, 0.15) is 24.3 Å². The second kappa shape index (κ2) is 5.31. The highest BCUT2D eigenvalue weighted by molar-refractivity contribution is 8.68. The number of nitrogens with one attached hydrogen (secondary N) is 1. The molecule has 2 aliphatic heterocycles. The first-order chi connectivity index (χ1) is 8.79. The lowest BCUT2D eigenvalue weighted by Crippen LogP contribution is -2.34. The molecule has 2 aliphatic rings. The highest BCUT2D eigenvalue weighted by Crippen LogP contribution is 2.33. The number of hydrogen-bond donors (Lipinski definition) is 2. The van der Waals surface area contributed by atoms with Gasteiger partial charge in [0.05, 0.1) is 10.9 Å². The van der Waals surface area contributed by atoms with Crippen molar-refractivity contribution >= 4 is 28.3 Å². The zero-order valence-electron chi connectivity index (χ0n) is 10.5. The predicted octanol–water partition coefficient (Wildman–Crippen LogP) is 2.52. The van der Waals surface area contributed by atoms with Crippen molar-refractivity contribution in [2.75, 3.05) is 24.5 Å². The van der Waals surface area contributed by atoms with E-state index in [0.717, 1.165) is 30.5 Å². The van der Waals surface area contributed by atoms with Crippen molar-refractivity contribution in [2.24, 2.45) is 5.92 Å². The van der Waals surface area contributed by atoms with Gasteiger partial charge in [0.25, 0.3) is 0 Å². The summed E-state index contributed by atoms with van der Waals surface area (Å²) in [7, 11) is 1.55. The molecule has 0 aliphatic carbocycles. The standard InChI is InChI=1S/C13H19N3S2/c1-9(18-17)11-3-2-4-13(15-11)16-6-5-10-7-14-8-12(10)16/h2-4,9-10,12,14,17H,5-8H2,1H3/t9?,10-,12+/m1/s1. The maximum atomic E-state index is 4.81. The molecule has 1 unspecified atom stereocenters. The lowest BCUT2D eigenvalue weighted by Gasteiger charge is -2.25. The smallest absolute Gasteiger partial charge is 0.129 e. The number of pyridine rings is 1. The number of nitrogens with zero attached hydrogens (tertiary/aromatic N) is 2. The van der Waals surface area contributed by atoms with Crippen LogP contribution in [0.5, 0.6) is 0 Å². The largest absolute Gasteiger partial charge is 0.352 e. The highest BCUT2D eigenvalue weighted by Gasteiger charge is 2.38. The fourth-order valence-electron chi connectivity index (χ4n) is 3.01. The Morgan fingerprint density at radius 1 is 1.50 bits per heavy atom. The van der Waals surface area contributed by atoms with Gasteiger partial charge in [0.15, 0.2) is 0 Å². The Bertz CT molecular complexity index is 426. The first-order valence-electron chi connectivity index (χ1n) is 6.54. The minimum Gasteiger partial charge on any atom is -0.352 e. The number of hydrogen-bond acceptors (Lipinski definition) is 5. The summed E-state index contributed by atoms with van der Waals surface area (Å²) >= 11 is 4.28. The third-order valence-corrected chi connectivity index (χ3v) is 5.58. The van der Waals surface area contributed by atoms with Crippen molar-refractivity contribution in [1.82, 2.24) is 10.3 Å². The molecule has 0 bridgehead atoms. The van der Waals surface area contributed by atoms with E-state index in [9.17, 15) is 0 Å². The Hall–Kier alpha value is -0.390. The Kier molecular flexibility index (Phi) is 3.73. The molecule has 3 heterocycles. The lowest BCUT2D eigenvalue weighted by atomic mass is 10.1. The van der Waals surface area contributed by atoms with Crippen LogP contribution in [0.2, 0.25) is 0 Å². The minimum absolute atomic E-state index is 0.341. The third-order valence-electron chi connectivity index (χ3n) is 4.07. The number of fused-ring (bicyclic) bond motifs is 1. The van der Waals surface area contributed by atoms with Gasteiger partial charge in [0.2, 0.25) is 0 Å². The van der Waals surface area contributed by atoms with Gasteiger partial charge in [-0.2, -0.15) is 0 Å². The Morgan fingerprint density at radius 2 is 2.39 bits per heavy atom. The molecule has 3 atom stereocenters. The average Bonchev–Trinajstić information content (AvgIpc) is 3.00. The summed E-state index contributed by atoms with van der Waals surface area (Å²) < 4.78 is 0. The van der Waals surface area contributed by atoms with E-state index in [2.05, 4.69) is 47.0 Å². The topological polar surface area (TPSA) is 28.2 Å². The molecule has 0 saturated carbocycles. The van der Waals surface area contributed by atoms with E-state index in [-0.39, 0.29) is 0 Å². The molecule has 2 fully saturated rings. The summed E-state index contributed by atoms with van der Waals surface area (Å²) in [6.45, 7) is 5.57. The van der Waals surface area contributed by atoms with Crippen LogP contribution < -0.4 is 10.2 Å². The van der Waals surface area contributed by atoms with Crippen LogP contribution in [0.25, 0.3) is 0 Å². The number of anilines is 1. The second-order valence-electron chi connectivity index (χ2n) is 5.14. The molecule has 5 heteroatoms. The normalized spacial score (nSPS) is 28.4. The van der Waals surface area contributed by atoms with E-state index in [0.29, 0.717) is 11.3 Å². The van der Waals surface area contributed by atoms with Crippen molar-refractivity contribution in [1.29, 1.82) is 0 Å². The lowest BCUT2D eigenvalue weighted by molar-refractivity contribution is 0.577. The molecule has 0 amide bonds. The van der Waals surface area contributed by atoms with Gasteiger partial charge in [0.1, 0.15) is 5.82 Å². The van der Waals surface area contributed by atoms with E-state index in [1.54, 1.807) is 10.8 Å². The zero-order valence-corrected chi connectivity index (χ0v) is 12.3. The predicted molar refractivity (Wildman–Crippen MR) is 81.3 cm³/mol. The molecule has 1 N–H and O–H groups in total. The molecule has 1 aromatic heterocycles. The van der Waals surface area contributed by atoms with Gasteiger partial charge in [0, 0.05) is 25.7 Å². The Morgan fingerprint density at radius 3 is 3.22 bits per heavy atom. The molecule has 2 saturated heterocycles. The molecular formula is C13H19N3S2. The van der Waals surface area contributed by atoms with Crippen LogP contribution in [0.4, 0.5) is 5.82 Å². The molecule has 3 nitrogen and oxygen atoms in total. The molecule has 98 valence electrons. The van der Waals surface area contributed by atoms with Gasteiger partial charge in [-0.1, -0.05) is 16.9 Å². The fraction of sp³-hybridized carbons (Fsp3) is 0.615. The molecule has 1 aromatic rings. The van der Waals surface area contributed by atoms with Crippen LogP contribution >= 0.6 is 22.5 Å². The quantitative estimate of drug-likeness (QED) is 0.658. The SMILES string of the molecule is CC(SS)c1cccc(N2CC[C@@H]3CNC[C@@H]32)n1. The molecule has 3 rings (SSSR count). The molecule has 0 radical (unpaired) electrons. The van der Waals surface area contributed by atoms with E-state index in [4.69, 9.17) is 4.98 Å². The van der Waals surface area contributed by atoms with E-state index < -0.39 is 0 Å². The van der Waals surface area contributed by atoms with Gasteiger partial charge in [-0.15, -0.1) is 11.7 Å². The summed E-state index contributed by atoms with van der Waals surface area (Å²) in [6.07, 6.45) is 1.29. The maximum Gasteiger partial charge on any atom is 0.129 e. The van der Waals surface area contributed by atoms with Gasteiger partial charge in [-0.25, -0.2) is 4.98 Å². The summed E-state index contributed by atoms with van der Waals surface area (Å²) in [5.74, 6) is 1.95. The van der Waals surface area contributed by atoms with E-state index >= 15 is 0 Å².